The maximum absolute atomic E-state index is 14.7. The van der Waals surface area contributed by atoms with Crippen molar-refractivity contribution in [1.82, 2.24) is 14.8 Å². The summed E-state index contributed by atoms with van der Waals surface area (Å²) in [7, 11) is 2.09. The number of ether oxygens (including phenoxy) is 1. The molecule has 3 aliphatic rings. The standard InChI is InChI=1S/C27H28F4N6O2S/c1-34-9-11-35(12-10-34)8-3-13-39-23-15-18(4-5-21(23)28)37-25(40)36(24(38)26(37)6-2-7-26)19-14-20(27(29,30)31)22(16-32)33-17-19/h4-5,14-15,17H,2-3,6-13H2,1H3. The molecule has 0 radical (unpaired) electrons. The number of nitriles is 1. The van der Waals surface area contributed by atoms with Gasteiger partial charge in [-0.3, -0.25) is 9.69 Å². The summed E-state index contributed by atoms with van der Waals surface area (Å²) >= 11 is 5.63. The first kappa shape index (κ1) is 28.2. The Labute approximate surface area is 234 Å². The Morgan fingerprint density at radius 2 is 1.88 bits per heavy atom. The van der Waals surface area contributed by atoms with Crippen LogP contribution in [-0.4, -0.2) is 77.7 Å². The molecule has 3 heterocycles. The lowest BCUT2D eigenvalue weighted by atomic mass is 9.75. The number of thiocarbonyl (C=S) groups is 1. The number of rotatable bonds is 7. The second kappa shape index (κ2) is 10.9. The molecule has 0 atom stereocenters. The van der Waals surface area contributed by atoms with Gasteiger partial charge in [0.25, 0.3) is 5.91 Å². The monoisotopic (exact) mass is 576 g/mol. The van der Waals surface area contributed by atoms with E-state index in [1.165, 1.54) is 24.3 Å². The lowest BCUT2D eigenvalue weighted by molar-refractivity contribution is -0.138. The van der Waals surface area contributed by atoms with Crippen LogP contribution in [0.25, 0.3) is 0 Å². The average Bonchev–Trinajstić information content (AvgIpc) is 3.14. The van der Waals surface area contributed by atoms with E-state index < -0.39 is 34.7 Å². The van der Waals surface area contributed by atoms with E-state index in [4.69, 9.17) is 22.2 Å². The quantitative estimate of drug-likeness (QED) is 0.276. The summed E-state index contributed by atoms with van der Waals surface area (Å²) < 4.78 is 61.3. The number of carbonyl (C=O) groups is 1. The third kappa shape index (κ3) is 5.11. The van der Waals surface area contributed by atoms with E-state index in [2.05, 4.69) is 21.8 Å². The maximum atomic E-state index is 14.7. The Balaban J connectivity index is 1.37. The Morgan fingerprint density at radius 3 is 2.50 bits per heavy atom. The van der Waals surface area contributed by atoms with Gasteiger partial charge in [0.15, 0.2) is 22.4 Å². The highest BCUT2D eigenvalue weighted by atomic mass is 32.1. The van der Waals surface area contributed by atoms with Crippen molar-refractivity contribution in [2.24, 2.45) is 0 Å². The van der Waals surface area contributed by atoms with E-state index in [-0.39, 0.29) is 16.5 Å². The van der Waals surface area contributed by atoms with Crippen molar-refractivity contribution in [3.63, 3.8) is 0 Å². The predicted octanol–water partition coefficient (Wildman–Crippen LogP) is 4.19. The summed E-state index contributed by atoms with van der Waals surface area (Å²) in [6, 6.07) is 6.34. The summed E-state index contributed by atoms with van der Waals surface area (Å²) in [5, 5.41) is 9.05. The molecule has 1 aromatic heterocycles. The maximum Gasteiger partial charge on any atom is 0.419 e. The molecular weight excluding hydrogens is 548 g/mol. The number of alkyl halides is 3. The molecule has 2 aromatic rings. The minimum absolute atomic E-state index is 0.0125. The number of amides is 1. The van der Waals surface area contributed by atoms with Crippen LogP contribution in [0, 0.1) is 17.1 Å². The highest BCUT2D eigenvalue weighted by Gasteiger charge is 2.60. The zero-order valence-electron chi connectivity index (χ0n) is 21.9. The van der Waals surface area contributed by atoms with Gasteiger partial charge in [-0.05, 0) is 63.1 Å². The van der Waals surface area contributed by atoms with Crippen LogP contribution in [-0.2, 0) is 11.0 Å². The lowest BCUT2D eigenvalue weighted by Gasteiger charge is -2.43. The number of carbonyl (C=O) groups excluding carboxylic acids is 1. The highest BCUT2D eigenvalue weighted by Crippen LogP contribution is 2.48. The number of likely N-dealkylation sites (N-methyl/N-ethyl adjacent to an activating group) is 1. The number of anilines is 2. The molecule has 1 aromatic carbocycles. The van der Waals surface area contributed by atoms with Gasteiger partial charge >= 0.3 is 6.18 Å². The van der Waals surface area contributed by atoms with E-state index in [1.807, 2.05) is 0 Å². The molecule has 0 bridgehead atoms. The fraction of sp³-hybridized carbons (Fsp3) is 0.481. The van der Waals surface area contributed by atoms with E-state index in [0.29, 0.717) is 37.6 Å². The van der Waals surface area contributed by atoms with Gasteiger partial charge in [0.1, 0.15) is 11.6 Å². The minimum atomic E-state index is -4.85. The molecule has 212 valence electrons. The number of aromatic nitrogens is 1. The van der Waals surface area contributed by atoms with Crippen LogP contribution in [0.1, 0.15) is 36.9 Å². The molecule has 2 aliphatic heterocycles. The topological polar surface area (TPSA) is 75.9 Å². The average molecular weight is 577 g/mol. The Bertz CT molecular complexity index is 1350. The number of benzene rings is 1. The van der Waals surface area contributed by atoms with E-state index in [0.717, 1.165) is 50.2 Å². The molecule has 8 nitrogen and oxygen atoms in total. The zero-order valence-corrected chi connectivity index (χ0v) is 22.7. The van der Waals surface area contributed by atoms with Crippen LogP contribution in [0.3, 0.4) is 0 Å². The Kier molecular flexibility index (Phi) is 7.69. The first-order valence-corrected chi connectivity index (χ1v) is 13.5. The van der Waals surface area contributed by atoms with Gasteiger partial charge in [0.05, 0.1) is 24.1 Å². The van der Waals surface area contributed by atoms with Gasteiger partial charge in [-0.15, -0.1) is 0 Å². The van der Waals surface area contributed by atoms with Gasteiger partial charge in [-0.1, -0.05) is 0 Å². The van der Waals surface area contributed by atoms with Crippen LogP contribution in [0.5, 0.6) is 5.75 Å². The number of halogens is 4. The van der Waals surface area contributed by atoms with Gasteiger partial charge in [0.2, 0.25) is 0 Å². The van der Waals surface area contributed by atoms with Gasteiger partial charge < -0.3 is 19.4 Å². The molecule has 1 saturated carbocycles. The van der Waals surface area contributed by atoms with E-state index >= 15 is 0 Å². The molecule has 3 fully saturated rings. The second-order valence-corrected chi connectivity index (χ2v) is 10.7. The molecule has 2 saturated heterocycles. The van der Waals surface area contributed by atoms with E-state index in [1.54, 1.807) is 4.90 Å². The molecule has 0 N–H and O–H groups in total. The first-order valence-electron chi connectivity index (χ1n) is 13.0. The summed E-state index contributed by atoms with van der Waals surface area (Å²) in [6.07, 6.45) is -1.53. The minimum Gasteiger partial charge on any atom is -0.490 e. The van der Waals surface area contributed by atoms with Crippen molar-refractivity contribution in [2.75, 3.05) is 56.2 Å². The Morgan fingerprint density at radius 1 is 1.15 bits per heavy atom. The van der Waals surface area contributed by atoms with Crippen LogP contribution < -0.4 is 14.5 Å². The first-order chi connectivity index (χ1) is 19.0. The fourth-order valence-electron chi connectivity index (χ4n) is 5.37. The normalized spacial score (nSPS) is 19.7. The summed E-state index contributed by atoms with van der Waals surface area (Å²) in [6.45, 7) is 5.07. The second-order valence-electron chi connectivity index (χ2n) is 10.3. The van der Waals surface area contributed by atoms with Crippen LogP contribution in [0.15, 0.2) is 30.5 Å². The van der Waals surface area contributed by atoms with Crippen molar-refractivity contribution in [3.05, 3.63) is 47.5 Å². The fourth-order valence-corrected chi connectivity index (χ4v) is 5.84. The van der Waals surface area contributed by atoms with Gasteiger partial charge in [0, 0.05) is 44.5 Å². The highest BCUT2D eigenvalue weighted by molar-refractivity contribution is 7.81. The zero-order chi connectivity index (χ0) is 28.7. The van der Waals surface area contributed by atoms with Crippen molar-refractivity contribution in [3.8, 4) is 11.8 Å². The SMILES string of the molecule is CN1CCN(CCCOc2cc(N3C(=S)N(c4cnc(C#N)c(C(F)(F)F)c4)C(=O)C34CCC4)ccc2F)CC1. The smallest absolute Gasteiger partial charge is 0.419 e. The van der Waals surface area contributed by atoms with Crippen molar-refractivity contribution < 1.29 is 27.1 Å². The van der Waals surface area contributed by atoms with Crippen LogP contribution in [0.2, 0.25) is 0 Å². The molecule has 13 heteroatoms. The molecule has 1 spiro atoms. The van der Waals surface area contributed by atoms with Gasteiger partial charge in [-0.2, -0.15) is 18.4 Å². The molecule has 40 heavy (non-hydrogen) atoms. The van der Waals surface area contributed by atoms with Crippen LogP contribution >= 0.6 is 12.2 Å². The largest absolute Gasteiger partial charge is 0.490 e. The third-order valence-corrected chi connectivity index (χ3v) is 8.15. The van der Waals surface area contributed by atoms with Gasteiger partial charge in [-0.25, -0.2) is 9.37 Å². The number of hydrogen-bond acceptors (Lipinski definition) is 7. The molecule has 5 rings (SSSR count). The number of piperazine rings is 1. The van der Waals surface area contributed by atoms with Crippen LogP contribution in [0.4, 0.5) is 28.9 Å². The number of pyridine rings is 1. The molecule has 1 amide bonds. The molecule has 1 aliphatic carbocycles. The number of nitrogens with zero attached hydrogens (tertiary/aromatic N) is 6. The Hall–Kier alpha value is -3.34. The van der Waals surface area contributed by atoms with Crippen molar-refractivity contribution in [2.45, 2.75) is 37.4 Å². The summed E-state index contributed by atoms with van der Waals surface area (Å²) in [4.78, 5) is 24.5. The summed E-state index contributed by atoms with van der Waals surface area (Å²) in [5.74, 6) is -1.04. The van der Waals surface area contributed by atoms with E-state index in [9.17, 15) is 22.4 Å². The predicted molar refractivity (Wildman–Crippen MR) is 144 cm³/mol. The van der Waals surface area contributed by atoms with Crippen molar-refractivity contribution in [1.29, 1.82) is 5.26 Å². The summed E-state index contributed by atoms with van der Waals surface area (Å²) in [5.41, 5.74) is -2.92. The lowest BCUT2D eigenvalue weighted by Crippen LogP contribution is -2.55. The number of hydrogen-bond donors (Lipinski definition) is 0. The van der Waals surface area contributed by atoms with Crippen molar-refractivity contribution >= 4 is 34.6 Å². The molecular formula is C27H28F4N6O2S. The third-order valence-electron chi connectivity index (χ3n) is 7.78. The molecule has 0 unspecified atom stereocenters.